The van der Waals surface area contributed by atoms with E-state index in [0.717, 1.165) is 35.9 Å². The highest BCUT2D eigenvalue weighted by Crippen LogP contribution is 2.25. The maximum absolute atomic E-state index is 14.1. The summed E-state index contributed by atoms with van der Waals surface area (Å²) in [6.45, 7) is 1.82. The number of carbonyl (C=O) groups excluding carboxylic acids is 2. The first-order chi connectivity index (χ1) is 11.8. The van der Waals surface area contributed by atoms with E-state index in [1.54, 1.807) is 18.3 Å². The third kappa shape index (κ3) is 4.37. The zero-order valence-corrected chi connectivity index (χ0v) is 14.1. The van der Waals surface area contributed by atoms with Crippen LogP contribution in [0.4, 0.5) is 8.78 Å². The number of aryl methyl sites for hydroxylation is 1. The lowest BCUT2D eigenvalue weighted by Gasteiger charge is -2.27. The van der Waals surface area contributed by atoms with Crippen molar-refractivity contribution in [1.29, 1.82) is 0 Å². The third-order valence-corrected chi connectivity index (χ3v) is 3.79. The number of nitrogens with zero attached hydrogens (tertiary/aromatic N) is 2. The number of rotatable bonds is 5. The number of likely N-dealkylation sites (N-methyl/N-ethyl adjacent to an activating group) is 1. The van der Waals surface area contributed by atoms with E-state index in [1.165, 1.54) is 7.05 Å². The maximum Gasteiger partial charge on any atom is 0.333 e. The molecular formula is C18H18F2N2O3. The van der Waals surface area contributed by atoms with Crippen molar-refractivity contribution in [3.63, 3.8) is 0 Å². The second-order valence-corrected chi connectivity index (χ2v) is 5.58. The standard InChI is InChI=1S/C18H18F2N2O3/c1-11-4-5-12(10-21-11)8-16(23)22(2)17(18(24)25-3)14-9-13(19)6-7-15(14)20/h4-7,9-10,17H,8H2,1-3H3/t17-/m0/s1. The summed E-state index contributed by atoms with van der Waals surface area (Å²) in [6, 6.07) is 4.84. The molecule has 132 valence electrons. The topological polar surface area (TPSA) is 59.5 Å². The molecule has 1 amide bonds. The monoisotopic (exact) mass is 348 g/mol. The highest BCUT2D eigenvalue weighted by atomic mass is 19.1. The van der Waals surface area contributed by atoms with Gasteiger partial charge in [-0.05, 0) is 36.8 Å². The summed E-state index contributed by atoms with van der Waals surface area (Å²) < 4.78 is 32.2. The Hall–Kier alpha value is -2.83. The van der Waals surface area contributed by atoms with Gasteiger partial charge in [0.25, 0.3) is 0 Å². The van der Waals surface area contributed by atoms with E-state index in [4.69, 9.17) is 0 Å². The number of hydrogen-bond donors (Lipinski definition) is 0. The van der Waals surface area contributed by atoms with Crippen LogP contribution in [0.5, 0.6) is 0 Å². The minimum atomic E-state index is -1.38. The van der Waals surface area contributed by atoms with Crippen molar-refractivity contribution in [3.05, 3.63) is 65.0 Å². The van der Waals surface area contributed by atoms with Crippen molar-refractivity contribution in [2.24, 2.45) is 0 Å². The van der Waals surface area contributed by atoms with Crippen molar-refractivity contribution in [3.8, 4) is 0 Å². The first-order valence-corrected chi connectivity index (χ1v) is 7.53. The van der Waals surface area contributed by atoms with Crippen LogP contribution in [0, 0.1) is 18.6 Å². The molecule has 5 nitrogen and oxygen atoms in total. The van der Waals surface area contributed by atoms with Gasteiger partial charge >= 0.3 is 5.97 Å². The number of hydrogen-bond acceptors (Lipinski definition) is 4. The van der Waals surface area contributed by atoms with E-state index in [2.05, 4.69) is 9.72 Å². The molecule has 7 heteroatoms. The Morgan fingerprint density at radius 1 is 1.24 bits per heavy atom. The van der Waals surface area contributed by atoms with E-state index < -0.39 is 29.6 Å². The zero-order chi connectivity index (χ0) is 18.6. The minimum Gasteiger partial charge on any atom is -0.467 e. The van der Waals surface area contributed by atoms with Gasteiger partial charge in [0.15, 0.2) is 6.04 Å². The van der Waals surface area contributed by atoms with Gasteiger partial charge in [0.05, 0.1) is 13.5 Å². The molecule has 2 rings (SSSR count). The van der Waals surface area contributed by atoms with Gasteiger partial charge in [-0.15, -0.1) is 0 Å². The molecule has 0 spiro atoms. The molecule has 0 N–H and O–H groups in total. The molecule has 0 aliphatic heterocycles. The van der Waals surface area contributed by atoms with Crippen LogP contribution >= 0.6 is 0 Å². The zero-order valence-electron chi connectivity index (χ0n) is 14.1. The molecule has 0 aliphatic carbocycles. The third-order valence-electron chi connectivity index (χ3n) is 3.79. The molecule has 0 saturated heterocycles. The predicted octanol–water partition coefficient (Wildman–Crippen LogP) is 2.58. The number of benzene rings is 1. The highest BCUT2D eigenvalue weighted by molar-refractivity contribution is 5.86. The molecule has 0 fully saturated rings. The van der Waals surface area contributed by atoms with Crippen molar-refractivity contribution in [1.82, 2.24) is 9.88 Å². The van der Waals surface area contributed by atoms with Crippen LogP contribution in [0.3, 0.4) is 0 Å². The van der Waals surface area contributed by atoms with Gasteiger partial charge in [0, 0.05) is 24.5 Å². The van der Waals surface area contributed by atoms with Crippen LogP contribution in [0.25, 0.3) is 0 Å². The fraction of sp³-hybridized carbons (Fsp3) is 0.278. The van der Waals surface area contributed by atoms with Crippen LogP contribution < -0.4 is 0 Å². The van der Waals surface area contributed by atoms with Gasteiger partial charge in [0.1, 0.15) is 11.6 Å². The lowest BCUT2D eigenvalue weighted by atomic mass is 10.0. The smallest absolute Gasteiger partial charge is 0.333 e. The number of methoxy groups -OCH3 is 1. The molecule has 25 heavy (non-hydrogen) atoms. The fourth-order valence-corrected chi connectivity index (χ4v) is 2.38. The van der Waals surface area contributed by atoms with Crippen LogP contribution in [0.15, 0.2) is 36.5 Å². The number of aromatic nitrogens is 1. The molecule has 1 aromatic carbocycles. The number of halogens is 2. The van der Waals surface area contributed by atoms with Gasteiger partial charge < -0.3 is 9.64 Å². The lowest BCUT2D eigenvalue weighted by molar-refractivity contribution is -0.152. The predicted molar refractivity (Wildman–Crippen MR) is 86.6 cm³/mol. The van der Waals surface area contributed by atoms with E-state index in [-0.39, 0.29) is 12.0 Å². The molecule has 1 aromatic heterocycles. The molecule has 0 unspecified atom stereocenters. The van der Waals surface area contributed by atoms with Gasteiger partial charge in [-0.1, -0.05) is 6.07 Å². The Balaban J connectivity index is 2.30. The van der Waals surface area contributed by atoms with E-state index in [9.17, 15) is 18.4 Å². The van der Waals surface area contributed by atoms with Crippen molar-refractivity contribution >= 4 is 11.9 Å². The summed E-state index contributed by atoms with van der Waals surface area (Å²) in [5, 5.41) is 0. The number of pyridine rings is 1. The van der Waals surface area contributed by atoms with Crippen molar-refractivity contribution < 1.29 is 23.1 Å². The molecule has 1 atom stereocenters. The second-order valence-electron chi connectivity index (χ2n) is 5.58. The van der Waals surface area contributed by atoms with Gasteiger partial charge in [0.2, 0.25) is 5.91 Å². The highest BCUT2D eigenvalue weighted by Gasteiger charge is 2.32. The number of esters is 1. The fourth-order valence-electron chi connectivity index (χ4n) is 2.38. The van der Waals surface area contributed by atoms with Crippen LogP contribution in [-0.2, 0) is 20.7 Å². The maximum atomic E-state index is 14.1. The summed E-state index contributed by atoms with van der Waals surface area (Å²) >= 11 is 0. The van der Waals surface area contributed by atoms with Crippen LogP contribution in [0.2, 0.25) is 0 Å². The Kier molecular flexibility index (Phi) is 5.80. The Bertz CT molecular complexity index is 778. The first-order valence-electron chi connectivity index (χ1n) is 7.53. The summed E-state index contributed by atoms with van der Waals surface area (Å²) in [6.07, 6.45) is 1.52. The van der Waals surface area contributed by atoms with Crippen molar-refractivity contribution in [2.45, 2.75) is 19.4 Å². The minimum absolute atomic E-state index is 0.0335. The molecule has 0 aliphatic rings. The Morgan fingerprint density at radius 2 is 1.96 bits per heavy atom. The normalized spacial score (nSPS) is 11.7. The molecule has 0 radical (unpaired) electrons. The summed E-state index contributed by atoms with van der Waals surface area (Å²) in [5.41, 5.74) is 1.19. The van der Waals surface area contributed by atoms with Crippen LogP contribution in [-0.4, -0.2) is 35.9 Å². The van der Waals surface area contributed by atoms with Crippen LogP contribution in [0.1, 0.15) is 22.9 Å². The number of ether oxygens (including phenoxy) is 1. The van der Waals surface area contributed by atoms with E-state index in [1.807, 2.05) is 6.92 Å². The molecule has 0 bridgehead atoms. The molecule has 1 heterocycles. The molecule has 2 aromatic rings. The second kappa shape index (κ2) is 7.83. The SMILES string of the molecule is COC(=O)[C@H](c1cc(F)ccc1F)N(C)C(=O)Cc1ccc(C)nc1. The van der Waals surface area contributed by atoms with Gasteiger partial charge in [-0.3, -0.25) is 9.78 Å². The molecular weight excluding hydrogens is 330 g/mol. The number of carbonyl (C=O) groups is 2. The van der Waals surface area contributed by atoms with E-state index >= 15 is 0 Å². The summed E-state index contributed by atoms with van der Waals surface area (Å²) in [7, 11) is 2.46. The number of amides is 1. The van der Waals surface area contributed by atoms with E-state index in [0.29, 0.717) is 5.56 Å². The summed E-state index contributed by atoms with van der Waals surface area (Å²) in [5.74, 6) is -2.82. The average molecular weight is 348 g/mol. The Morgan fingerprint density at radius 3 is 2.56 bits per heavy atom. The van der Waals surface area contributed by atoms with Gasteiger partial charge in [-0.25, -0.2) is 13.6 Å². The Labute approximate surface area is 144 Å². The lowest BCUT2D eigenvalue weighted by Crippen LogP contribution is -2.38. The average Bonchev–Trinajstić information content (AvgIpc) is 2.59. The molecule has 0 saturated carbocycles. The van der Waals surface area contributed by atoms with Gasteiger partial charge in [-0.2, -0.15) is 0 Å². The first kappa shape index (κ1) is 18.5. The van der Waals surface area contributed by atoms with Crippen molar-refractivity contribution in [2.75, 3.05) is 14.2 Å². The quantitative estimate of drug-likeness (QED) is 0.780. The largest absolute Gasteiger partial charge is 0.467 e. The summed E-state index contributed by atoms with van der Waals surface area (Å²) in [4.78, 5) is 29.7.